The molecule has 3 aromatic rings. The number of hydrogen-bond donors (Lipinski definition) is 1. The molecular formula is C34H35N3OS. The molecule has 2 aliphatic rings. The van der Waals surface area contributed by atoms with Crippen LogP contribution >= 0.6 is 11.8 Å². The molecule has 0 spiro atoms. The Labute approximate surface area is 236 Å². The van der Waals surface area contributed by atoms with Gasteiger partial charge >= 0.3 is 0 Å². The molecule has 0 fully saturated rings. The Morgan fingerprint density at radius 3 is 2.44 bits per heavy atom. The van der Waals surface area contributed by atoms with E-state index in [0.29, 0.717) is 17.8 Å². The molecule has 5 rings (SSSR count). The van der Waals surface area contributed by atoms with Gasteiger partial charge in [-0.15, -0.1) is 11.8 Å². The lowest BCUT2D eigenvalue weighted by atomic mass is 9.74. The average molecular weight is 534 g/mol. The lowest BCUT2D eigenvalue weighted by Crippen LogP contribution is -2.38. The van der Waals surface area contributed by atoms with Crippen LogP contribution in [-0.4, -0.2) is 5.78 Å². The van der Waals surface area contributed by atoms with E-state index in [1.807, 2.05) is 28.8 Å². The summed E-state index contributed by atoms with van der Waals surface area (Å²) in [5.74, 6) is 0.906. The minimum absolute atomic E-state index is 0.118. The number of carbonyl (C=O) groups excluding carboxylic acids is 1. The molecule has 0 radical (unpaired) electrons. The van der Waals surface area contributed by atoms with E-state index in [-0.39, 0.29) is 5.78 Å². The third-order valence-corrected chi connectivity index (χ3v) is 9.25. The van der Waals surface area contributed by atoms with Crippen molar-refractivity contribution in [3.05, 3.63) is 117 Å². The molecule has 4 nitrogen and oxygen atoms in total. The van der Waals surface area contributed by atoms with Gasteiger partial charge in [0.2, 0.25) is 0 Å². The maximum atomic E-state index is 13.6. The van der Waals surface area contributed by atoms with Gasteiger partial charge in [-0.25, -0.2) is 0 Å². The van der Waals surface area contributed by atoms with Crippen molar-refractivity contribution in [2.24, 2.45) is 5.73 Å². The van der Waals surface area contributed by atoms with Gasteiger partial charge in [0.1, 0.15) is 5.82 Å². The summed E-state index contributed by atoms with van der Waals surface area (Å²) in [6.45, 7) is 8.48. The molecule has 198 valence electrons. The largest absolute Gasteiger partial charge is 0.384 e. The number of carbonyl (C=O) groups is 1. The molecule has 5 heteroatoms. The lowest BCUT2D eigenvalue weighted by Gasteiger charge is -2.40. The van der Waals surface area contributed by atoms with Gasteiger partial charge in [-0.05, 0) is 91.6 Å². The van der Waals surface area contributed by atoms with Gasteiger partial charge in [0.15, 0.2) is 5.78 Å². The van der Waals surface area contributed by atoms with Gasteiger partial charge in [0.25, 0.3) is 0 Å². The number of benzene rings is 3. The predicted octanol–water partition coefficient (Wildman–Crippen LogP) is 7.77. The van der Waals surface area contributed by atoms with Crippen LogP contribution in [0.5, 0.6) is 0 Å². The van der Waals surface area contributed by atoms with E-state index in [0.717, 1.165) is 53.1 Å². The predicted molar refractivity (Wildman–Crippen MR) is 160 cm³/mol. The third kappa shape index (κ3) is 5.02. The molecule has 1 unspecified atom stereocenters. The smallest absolute Gasteiger partial charge is 0.161 e. The number of nitriles is 1. The number of Topliss-reactive ketones (excluding diaryl/α,β-unsaturated/α-hetero) is 1. The number of rotatable bonds is 6. The van der Waals surface area contributed by atoms with Crippen molar-refractivity contribution in [2.75, 3.05) is 4.90 Å². The summed E-state index contributed by atoms with van der Waals surface area (Å²) >= 11 is 1.82. The van der Waals surface area contributed by atoms with E-state index in [9.17, 15) is 10.1 Å². The molecule has 1 aliphatic carbocycles. The molecular weight excluding hydrogens is 498 g/mol. The SMILES string of the molecule is CCc1ccc(N2C(N)=C(C#N)C(c3cc(CSc4ccccc4C)c(C)cc3C)C3=C2CCCC3=O)cc1. The summed E-state index contributed by atoms with van der Waals surface area (Å²) in [6, 6.07) is 23.5. The Bertz CT molecular complexity index is 1540. The second kappa shape index (κ2) is 11.2. The fraction of sp³-hybridized carbons (Fsp3) is 0.294. The first-order chi connectivity index (χ1) is 18.8. The van der Waals surface area contributed by atoms with Crippen molar-refractivity contribution >= 4 is 23.2 Å². The van der Waals surface area contributed by atoms with E-state index in [2.05, 4.69) is 82.3 Å². The number of aryl methyl sites for hydroxylation is 4. The molecule has 2 N–H and O–H groups in total. The summed E-state index contributed by atoms with van der Waals surface area (Å²) in [6.07, 6.45) is 2.99. The zero-order chi connectivity index (χ0) is 27.7. The first kappa shape index (κ1) is 26.8. The highest BCUT2D eigenvalue weighted by Gasteiger charge is 2.41. The summed E-state index contributed by atoms with van der Waals surface area (Å²) in [5.41, 5.74) is 16.8. The van der Waals surface area contributed by atoms with E-state index < -0.39 is 5.92 Å². The van der Waals surface area contributed by atoms with E-state index >= 15 is 0 Å². The van der Waals surface area contributed by atoms with Crippen LogP contribution in [-0.2, 0) is 17.0 Å². The molecule has 1 heterocycles. The number of nitrogens with zero attached hydrogens (tertiary/aromatic N) is 2. The second-order valence-electron chi connectivity index (χ2n) is 10.5. The fourth-order valence-electron chi connectivity index (χ4n) is 5.83. The maximum absolute atomic E-state index is 13.6. The molecule has 3 aromatic carbocycles. The minimum atomic E-state index is -0.452. The van der Waals surface area contributed by atoms with Crippen LogP contribution in [0, 0.1) is 32.1 Å². The molecule has 0 saturated heterocycles. The zero-order valence-electron chi connectivity index (χ0n) is 23.2. The van der Waals surface area contributed by atoms with Crippen molar-refractivity contribution < 1.29 is 4.79 Å². The van der Waals surface area contributed by atoms with Crippen LogP contribution in [0.3, 0.4) is 0 Å². The second-order valence-corrected chi connectivity index (χ2v) is 11.5. The molecule has 1 atom stereocenters. The van der Waals surface area contributed by atoms with Crippen LogP contribution in [0.15, 0.2) is 88.2 Å². The molecule has 0 aromatic heterocycles. The van der Waals surface area contributed by atoms with Crippen molar-refractivity contribution in [3.8, 4) is 6.07 Å². The highest BCUT2D eigenvalue weighted by atomic mass is 32.2. The van der Waals surface area contributed by atoms with Crippen LogP contribution in [0.1, 0.15) is 65.5 Å². The quantitative estimate of drug-likeness (QED) is 0.328. The normalized spacial score (nSPS) is 17.4. The van der Waals surface area contributed by atoms with E-state index in [1.54, 1.807) is 0 Å². The maximum Gasteiger partial charge on any atom is 0.161 e. The van der Waals surface area contributed by atoms with Gasteiger partial charge in [0, 0.05) is 34.0 Å². The monoisotopic (exact) mass is 533 g/mol. The van der Waals surface area contributed by atoms with Gasteiger partial charge in [-0.1, -0.05) is 49.4 Å². The van der Waals surface area contributed by atoms with Crippen molar-refractivity contribution in [1.29, 1.82) is 5.26 Å². The first-order valence-electron chi connectivity index (χ1n) is 13.7. The van der Waals surface area contributed by atoms with Crippen LogP contribution in [0.25, 0.3) is 0 Å². The average Bonchev–Trinajstić information content (AvgIpc) is 2.93. The van der Waals surface area contributed by atoms with Crippen LogP contribution in [0.2, 0.25) is 0 Å². The van der Waals surface area contributed by atoms with Gasteiger partial charge in [0.05, 0.1) is 17.6 Å². The van der Waals surface area contributed by atoms with Gasteiger partial charge in [-0.2, -0.15) is 5.26 Å². The van der Waals surface area contributed by atoms with E-state index in [4.69, 9.17) is 5.73 Å². The number of nitrogens with two attached hydrogens (primary N) is 1. The Balaban J connectivity index is 1.62. The lowest BCUT2D eigenvalue weighted by molar-refractivity contribution is -0.116. The number of anilines is 1. The topological polar surface area (TPSA) is 70.1 Å². The Morgan fingerprint density at radius 2 is 1.74 bits per heavy atom. The molecule has 0 saturated carbocycles. The number of hydrogen-bond acceptors (Lipinski definition) is 5. The summed E-state index contributed by atoms with van der Waals surface area (Å²) in [7, 11) is 0. The van der Waals surface area contributed by atoms with Crippen LogP contribution in [0.4, 0.5) is 5.69 Å². The molecule has 1 aliphatic heterocycles. The Morgan fingerprint density at radius 1 is 1.00 bits per heavy atom. The van der Waals surface area contributed by atoms with Gasteiger partial charge in [-0.3, -0.25) is 9.69 Å². The van der Waals surface area contributed by atoms with Crippen molar-refractivity contribution in [1.82, 2.24) is 0 Å². The first-order valence-corrected chi connectivity index (χ1v) is 14.7. The minimum Gasteiger partial charge on any atom is -0.384 e. The number of allylic oxidation sites excluding steroid dienone is 3. The highest BCUT2D eigenvalue weighted by Crippen LogP contribution is 2.47. The van der Waals surface area contributed by atoms with Crippen molar-refractivity contribution in [2.45, 2.75) is 69.9 Å². The molecule has 39 heavy (non-hydrogen) atoms. The van der Waals surface area contributed by atoms with Gasteiger partial charge < -0.3 is 5.73 Å². The number of ketones is 1. The Hall–Kier alpha value is -3.75. The van der Waals surface area contributed by atoms with E-state index in [1.165, 1.54) is 27.1 Å². The molecule has 0 amide bonds. The Kier molecular flexibility index (Phi) is 7.68. The standard InChI is InChI=1S/C34H35N3OS/c1-5-24-13-15-26(16-14-24)37-29-10-8-11-30(38)33(29)32(28(19-35)34(37)36)27-18-25(22(3)17-23(27)4)20-39-31-12-7-6-9-21(31)2/h6-7,9,12-18,32H,5,8,10-11,20,36H2,1-4H3. The third-order valence-electron chi connectivity index (χ3n) is 8.03. The zero-order valence-corrected chi connectivity index (χ0v) is 24.0. The number of thioether (sulfide) groups is 1. The molecule has 0 bridgehead atoms. The summed E-state index contributed by atoms with van der Waals surface area (Å²) in [4.78, 5) is 16.8. The summed E-state index contributed by atoms with van der Waals surface area (Å²) in [5, 5.41) is 10.5. The fourth-order valence-corrected chi connectivity index (χ4v) is 6.92. The van der Waals surface area contributed by atoms with Crippen LogP contribution < -0.4 is 10.6 Å². The summed E-state index contributed by atoms with van der Waals surface area (Å²) < 4.78 is 0. The highest BCUT2D eigenvalue weighted by molar-refractivity contribution is 7.98. The van der Waals surface area contributed by atoms with Crippen molar-refractivity contribution in [3.63, 3.8) is 0 Å².